The quantitative estimate of drug-likeness (QED) is 0.627. The zero-order valence-electron chi connectivity index (χ0n) is 10.2. The third-order valence-electron chi connectivity index (χ3n) is 2.49. The highest BCUT2D eigenvalue weighted by atomic mass is 79.9. The van der Waals surface area contributed by atoms with Gasteiger partial charge in [-0.05, 0) is 31.4 Å². The summed E-state index contributed by atoms with van der Waals surface area (Å²) in [6.45, 7) is 2.18. The zero-order valence-corrected chi connectivity index (χ0v) is 12.6. The van der Waals surface area contributed by atoms with Crippen LogP contribution in [0, 0.1) is 0 Å². The molecule has 0 saturated heterocycles. The van der Waals surface area contributed by atoms with Crippen molar-refractivity contribution in [3.63, 3.8) is 0 Å². The first-order chi connectivity index (χ1) is 8.65. The second-order valence-electron chi connectivity index (χ2n) is 3.68. The molecule has 0 bridgehead atoms. The van der Waals surface area contributed by atoms with E-state index in [2.05, 4.69) is 15.9 Å². The molecule has 2 aromatic rings. The maximum absolute atomic E-state index is 11.5. The van der Waals surface area contributed by atoms with Gasteiger partial charge in [-0.1, -0.05) is 15.9 Å². The van der Waals surface area contributed by atoms with E-state index in [0.717, 1.165) is 20.3 Å². The summed E-state index contributed by atoms with van der Waals surface area (Å²) in [7, 11) is 0. The summed E-state index contributed by atoms with van der Waals surface area (Å²) in [5.74, 6) is 0.417. The van der Waals surface area contributed by atoms with Crippen LogP contribution in [0.5, 0.6) is 0 Å². The Morgan fingerprint density at radius 1 is 1.50 bits per heavy atom. The number of furan rings is 1. The molecule has 1 heterocycles. The Morgan fingerprint density at radius 2 is 2.28 bits per heavy atom. The zero-order chi connectivity index (χ0) is 13.1. The molecule has 0 fully saturated rings. The minimum absolute atomic E-state index is 0.177. The van der Waals surface area contributed by atoms with Gasteiger partial charge < -0.3 is 9.15 Å². The molecule has 0 amide bonds. The van der Waals surface area contributed by atoms with Crippen molar-refractivity contribution in [3.05, 3.63) is 28.4 Å². The van der Waals surface area contributed by atoms with E-state index in [1.807, 2.05) is 24.5 Å². The molecule has 0 saturated carbocycles. The minimum atomic E-state index is -0.258. The van der Waals surface area contributed by atoms with E-state index in [4.69, 9.17) is 9.15 Å². The van der Waals surface area contributed by atoms with Gasteiger partial charge in [0.1, 0.15) is 17.8 Å². The van der Waals surface area contributed by atoms with Gasteiger partial charge in [0.15, 0.2) is 0 Å². The smallest absolute Gasteiger partial charge is 0.313 e. The predicted molar refractivity (Wildman–Crippen MR) is 76.0 cm³/mol. The average Bonchev–Trinajstić information content (AvgIpc) is 2.65. The van der Waals surface area contributed by atoms with E-state index in [9.17, 15) is 4.79 Å². The molecule has 0 aliphatic rings. The van der Waals surface area contributed by atoms with Gasteiger partial charge >= 0.3 is 5.97 Å². The number of rotatable bonds is 4. The minimum Gasteiger partial charge on any atom is -0.466 e. The lowest BCUT2D eigenvalue weighted by atomic mass is 10.2. The summed E-state index contributed by atoms with van der Waals surface area (Å²) in [4.78, 5) is 12.5. The summed E-state index contributed by atoms with van der Waals surface area (Å²) in [6.07, 6.45) is 2.15. The van der Waals surface area contributed by atoms with Crippen LogP contribution in [-0.4, -0.2) is 18.8 Å². The Balaban J connectivity index is 2.41. The molecule has 1 aromatic heterocycles. The molecule has 5 heteroatoms. The molecule has 2 rings (SSSR count). The van der Waals surface area contributed by atoms with Crippen LogP contribution in [0.15, 0.2) is 32.0 Å². The van der Waals surface area contributed by atoms with E-state index in [0.29, 0.717) is 12.4 Å². The number of thioether (sulfide) groups is 1. The standard InChI is InChI=1S/C13H13BrO3S/c1-3-16-12(15)7-11-13(18-2)9-6-8(14)4-5-10(9)17-11/h4-6H,3,7H2,1-2H3. The number of benzene rings is 1. The first-order valence-electron chi connectivity index (χ1n) is 5.56. The lowest BCUT2D eigenvalue weighted by molar-refractivity contribution is -0.142. The summed E-state index contributed by atoms with van der Waals surface area (Å²) in [5.41, 5.74) is 0.793. The van der Waals surface area contributed by atoms with Crippen molar-refractivity contribution >= 4 is 44.6 Å². The van der Waals surface area contributed by atoms with Gasteiger partial charge in [0.25, 0.3) is 0 Å². The largest absolute Gasteiger partial charge is 0.466 e. The van der Waals surface area contributed by atoms with Gasteiger partial charge in [0.2, 0.25) is 0 Å². The van der Waals surface area contributed by atoms with Crippen LogP contribution in [0.1, 0.15) is 12.7 Å². The summed E-state index contributed by atoms with van der Waals surface area (Å²) >= 11 is 5.02. The Bertz CT molecular complexity index is 577. The van der Waals surface area contributed by atoms with Crippen LogP contribution >= 0.6 is 27.7 Å². The van der Waals surface area contributed by atoms with Gasteiger partial charge in [-0.25, -0.2) is 0 Å². The number of carbonyl (C=O) groups is 1. The van der Waals surface area contributed by atoms with Crippen molar-refractivity contribution in [1.82, 2.24) is 0 Å². The van der Waals surface area contributed by atoms with Gasteiger partial charge in [-0.15, -0.1) is 11.8 Å². The summed E-state index contributed by atoms with van der Waals surface area (Å²) in [6, 6.07) is 5.82. The second-order valence-corrected chi connectivity index (χ2v) is 5.41. The SMILES string of the molecule is CCOC(=O)Cc1oc2ccc(Br)cc2c1SC. The molecule has 0 aliphatic heterocycles. The van der Waals surface area contributed by atoms with Gasteiger partial charge in [-0.2, -0.15) is 0 Å². The molecule has 0 spiro atoms. The molecule has 18 heavy (non-hydrogen) atoms. The topological polar surface area (TPSA) is 39.4 Å². The van der Waals surface area contributed by atoms with Crippen LogP contribution < -0.4 is 0 Å². The summed E-state index contributed by atoms with van der Waals surface area (Å²) < 4.78 is 11.7. The maximum Gasteiger partial charge on any atom is 0.313 e. The maximum atomic E-state index is 11.5. The molecule has 0 N–H and O–H groups in total. The third kappa shape index (κ3) is 2.72. The van der Waals surface area contributed by atoms with Crippen molar-refractivity contribution in [3.8, 4) is 0 Å². The molecular formula is C13H13BrO3S. The van der Waals surface area contributed by atoms with Crippen LogP contribution in [-0.2, 0) is 16.0 Å². The highest BCUT2D eigenvalue weighted by Crippen LogP contribution is 2.35. The molecule has 0 atom stereocenters. The normalized spacial score (nSPS) is 10.8. The van der Waals surface area contributed by atoms with Crippen molar-refractivity contribution < 1.29 is 13.9 Å². The highest BCUT2D eigenvalue weighted by molar-refractivity contribution is 9.10. The Morgan fingerprint density at radius 3 is 2.94 bits per heavy atom. The average molecular weight is 329 g/mol. The Labute approximate surface area is 118 Å². The predicted octanol–water partition coefficient (Wildman–Crippen LogP) is 4.02. The number of halogens is 1. The van der Waals surface area contributed by atoms with E-state index in [-0.39, 0.29) is 12.4 Å². The highest BCUT2D eigenvalue weighted by Gasteiger charge is 2.17. The van der Waals surface area contributed by atoms with Gasteiger partial charge in [-0.3, -0.25) is 4.79 Å². The Kier molecular flexibility index (Phi) is 4.35. The molecule has 0 unspecified atom stereocenters. The van der Waals surface area contributed by atoms with Crippen LogP contribution in [0.25, 0.3) is 11.0 Å². The molecular weight excluding hydrogens is 316 g/mol. The third-order valence-corrected chi connectivity index (χ3v) is 3.84. The monoisotopic (exact) mass is 328 g/mol. The first-order valence-corrected chi connectivity index (χ1v) is 7.58. The lowest BCUT2D eigenvalue weighted by Gasteiger charge is -2.00. The molecule has 0 radical (unpaired) electrons. The van der Waals surface area contributed by atoms with E-state index in [1.165, 1.54) is 0 Å². The fourth-order valence-electron chi connectivity index (χ4n) is 1.78. The molecule has 1 aromatic carbocycles. The van der Waals surface area contributed by atoms with Crippen molar-refractivity contribution in [2.24, 2.45) is 0 Å². The van der Waals surface area contributed by atoms with E-state index in [1.54, 1.807) is 18.7 Å². The van der Waals surface area contributed by atoms with Gasteiger partial charge in [0, 0.05) is 9.86 Å². The Hall–Kier alpha value is -0.940. The van der Waals surface area contributed by atoms with Crippen LogP contribution in [0.2, 0.25) is 0 Å². The molecule has 96 valence electrons. The number of carbonyl (C=O) groups excluding carboxylic acids is 1. The number of fused-ring (bicyclic) bond motifs is 1. The van der Waals surface area contributed by atoms with Crippen molar-refractivity contribution in [2.75, 3.05) is 12.9 Å². The van der Waals surface area contributed by atoms with Crippen LogP contribution in [0.4, 0.5) is 0 Å². The second kappa shape index (κ2) is 5.80. The number of esters is 1. The van der Waals surface area contributed by atoms with E-state index < -0.39 is 0 Å². The van der Waals surface area contributed by atoms with E-state index >= 15 is 0 Å². The molecule has 0 aliphatic carbocycles. The molecule has 3 nitrogen and oxygen atoms in total. The fourth-order valence-corrected chi connectivity index (χ4v) is 2.86. The first kappa shape index (κ1) is 13.5. The van der Waals surface area contributed by atoms with Gasteiger partial charge in [0.05, 0.1) is 11.5 Å². The van der Waals surface area contributed by atoms with Crippen molar-refractivity contribution in [1.29, 1.82) is 0 Å². The number of hydrogen-bond donors (Lipinski definition) is 0. The number of ether oxygens (including phenoxy) is 1. The van der Waals surface area contributed by atoms with Crippen molar-refractivity contribution in [2.45, 2.75) is 18.2 Å². The fraction of sp³-hybridized carbons (Fsp3) is 0.308. The number of hydrogen-bond acceptors (Lipinski definition) is 4. The lowest BCUT2D eigenvalue weighted by Crippen LogP contribution is -2.07. The van der Waals surface area contributed by atoms with Crippen LogP contribution in [0.3, 0.4) is 0 Å². The summed E-state index contributed by atoms with van der Waals surface area (Å²) in [5, 5.41) is 1.02.